The second kappa shape index (κ2) is 8.71. The van der Waals surface area contributed by atoms with Crippen LogP contribution in [0.2, 0.25) is 0 Å². The molecule has 0 unspecified atom stereocenters. The number of pyridine rings is 1. The van der Waals surface area contributed by atoms with Crippen LogP contribution in [0.25, 0.3) is 5.69 Å². The highest BCUT2D eigenvalue weighted by Gasteiger charge is 2.42. The molecular weight excluding hydrogens is 426 g/mol. The summed E-state index contributed by atoms with van der Waals surface area (Å²) in [6.45, 7) is 2.11. The maximum absolute atomic E-state index is 5.87. The Morgan fingerprint density at radius 1 is 0.909 bits per heavy atom. The molecular formula is C27H27N5S. The average molecular weight is 454 g/mol. The molecule has 33 heavy (non-hydrogen) atoms. The number of rotatable bonds is 5. The number of aromatic nitrogens is 2. The van der Waals surface area contributed by atoms with E-state index in [1.54, 1.807) is 0 Å². The lowest BCUT2D eigenvalue weighted by atomic mass is 10.0. The van der Waals surface area contributed by atoms with Gasteiger partial charge < -0.3 is 19.7 Å². The van der Waals surface area contributed by atoms with Gasteiger partial charge in [-0.15, -0.1) is 0 Å². The minimum Gasteiger partial charge on any atom is -0.378 e. The highest BCUT2D eigenvalue weighted by molar-refractivity contribution is 7.80. The Bertz CT molecular complexity index is 1260. The Labute approximate surface area is 200 Å². The van der Waals surface area contributed by atoms with Gasteiger partial charge in [0.05, 0.1) is 11.7 Å². The minimum absolute atomic E-state index is 0.0577. The normalized spacial score (nSPS) is 17.8. The number of benzene rings is 2. The van der Waals surface area contributed by atoms with Crippen molar-refractivity contribution in [2.45, 2.75) is 19.0 Å². The summed E-state index contributed by atoms with van der Waals surface area (Å²) in [5.41, 5.74) is 6.68. The number of anilines is 2. The summed E-state index contributed by atoms with van der Waals surface area (Å²) in [6, 6.07) is 27.3. The van der Waals surface area contributed by atoms with Crippen LogP contribution in [0.1, 0.15) is 29.0 Å². The summed E-state index contributed by atoms with van der Waals surface area (Å²) in [5, 5.41) is 4.26. The number of hydrogen-bond acceptors (Lipinski definition) is 3. The first kappa shape index (κ1) is 21.2. The van der Waals surface area contributed by atoms with Crippen molar-refractivity contribution >= 4 is 28.7 Å². The Hall–Kier alpha value is -3.64. The highest BCUT2D eigenvalue weighted by Crippen LogP contribution is 2.42. The highest BCUT2D eigenvalue weighted by atomic mass is 32.1. The molecule has 0 radical (unpaired) electrons. The lowest BCUT2D eigenvalue weighted by Crippen LogP contribution is -2.30. The summed E-state index contributed by atoms with van der Waals surface area (Å²) < 4.78 is 2.25. The monoisotopic (exact) mass is 453 g/mol. The van der Waals surface area contributed by atoms with Crippen LogP contribution < -0.4 is 15.1 Å². The summed E-state index contributed by atoms with van der Waals surface area (Å²) in [7, 11) is 4.11. The van der Waals surface area contributed by atoms with Crippen molar-refractivity contribution in [3.63, 3.8) is 0 Å². The minimum atomic E-state index is -0.0751. The van der Waals surface area contributed by atoms with Gasteiger partial charge in [0, 0.05) is 49.2 Å². The van der Waals surface area contributed by atoms with E-state index in [1.165, 1.54) is 11.3 Å². The van der Waals surface area contributed by atoms with E-state index in [0.717, 1.165) is 22.8 Å². The molecule has 1 aliphatic heterocycles. The third-order valence-corrected chi connectivity index (χ3v) is 6.42. The van der Waals surface area contributed by atoms with E-state index in [0.29, 0.717) is 5.11 Å². The largest absolute Gasteiger partial charge is 0.378 e. The van der Waals surface area contributed by atoms with Crippen LogP contribution in [0, 0.1) is 6.92 Å². The molecule has 0 aliphatic carbocycles. The van der Waals surface area contributed by atoms with Gasteiger partial charge >= 0.3 is 0 Å². The fourth-order valence-corrected chi connectivity index (χ4v) is 4.84. The molecule has 2 aromatic heterocycles. The van der Waals surface area contributed by atoms with Crippen LogP contribution >= 0.6 is 12.2 Å². The van der Waals surface area contributed by atoms with Crippen LogP contribution in [0.4, 0.5) is 11.4 Å². The quantitative estimate of drug-likeness (QED) is 0.408. The fourth-order valence-electron chi connectivity index (χ4n) is 4.49. The van der Waals surface area contributed by atoms with Gasteiger partial charge in [-0.1, -0.05) is 18.2 Å². The molecule has 5 nitrogen and oxygen atoms in total. The number of hydrogen-bond donors (Lipinski definition) is 1. The maximum atomic E-state index is 5.87. The number of thiocarbonyl (C=S) groups is 1. The van der Waals surface area contributed by atoms with Gasteiger partial charge in [-0.25, -0.2) is 0 Å². The predicted molar refractivity (Wildman–Crippen MR) is 139 cm³/mol. The van der Waals surface area contributed by atoms with E-state index in [4.69, 9.17) is 12.2 Å². The fraction of sp³-hybridized carbons (Fsp3) is 0.185. The van der Waals surface area contributed by atoms with Crippen molar-refractivity contribution < 1.29 is 0 Å². The number of aryl methyl sites for hydroxylation is 1. The molecule has 2 aromatic carbocycles. The predicted octanol–water partition coefficient (Wildman–Crippen LogP) is 5.42. The lowest BCUT2D eigenvalue weighted by Gasteiger charge is -2.29. The van der Waals surface area contributed by atoms with Gasteiger partial charge in [0.15, 0.2) is 5.11 Å². The third kappa shape index (κ3) is 3.98. The first-order valence-electron chi connectivity index (χ1n) is 11.1. The Morgan fingerprint density at radius 2 is 1.73 bits per heavy atom. The van der Waals surface area contributed by atoms with Gasteiger partial charge in [-0.05, 0) is 85.4 Å². The Balaban J connectivity index is 1.64. The number of nitrogens with zero attached hydrogens (tertiary/aromatic N) is 4. The molecule has 1 aliphatic rings. The lowest BCUT2D eigenvalue weighted by molar-refractivity contribution is 0.549. The molecule has 3 heterocycles. The van der Waals surface area contributed by atoms with Crippen molar-refractivity contribution in [1.29, 1.82) is 0 Å². The number of nitrogens with one attached hydrogen (secondary N) is 1. The summed E-state index contributed by atoms with van der Waals surface area (Å²) in [5.74, 6) is 0. The SMILES string of the molecule is Cc1cccc(N2C(=S)N[C@@H](c3ccccn3)[C@H]2c2cccn2-c2ccc(N(C)C)cc2)c1. The Kier molecular flexibility index (Phi) is 5.60. The third-order valence-electron chi connectivity index (χ3n) is 6.11. The van der Waals surface area contributed by atoms with Gasteiger partial charge in [0.25, 0.3) is 0 Å². The molecule has 4 aromatic rings. The second-order valence-corrected chi connectivity index (χ2v) is 8.94. The molecule has 5 rings (SSSR count). The molecule has 1 fully saturated rings. The molecule has 6 heteroatoms. The van der Waals surface area contributed by atoms with E-state index >= 15 is 0 Å². The molecule has 1 saturated heterocycles. The van der Waals surface area contributed by atoms with Crippen LogP contribution in [0.5, 0.6) is 0 Å². The van der Waals surface area contributed by atoms with Crippen molar-refractivity contribution in [3.8, 4) is 5.69 Å². The molecule has 0 saturated carbocycles. The van der Waals surface area contributed by atoms with Crippen molar-refractivity contribution in [1.82, 2.24) is 14.9 Å². The molecule has 0 spiro atoms. The zero-order valence-corrected chi connectivity index (χ0v) is 19.8. The van der Waals surface area contributed by atoms with E-state index in [-0.39, 0.29) is 12.1 Å². The van der Waals surface area contributed by atoms with Gasteiger partial charge in [-0.3, -0.25) is 4.98 Å². The summed E-state index contributed by atoms with van der Waals surface area (Å²) >= 11 is 5.87. The zero-order chi connectivity index (χ0) is 22.9. The molecule has 1 N–H and O–H groups in total. The average Bonchev–Trinajstić information content (AvgIpc) is 3.44. The smallest absolute Gasteiger partial charge is 0.174 e. The van der Waals surface area contributed by atoms with E-state index < -0.39 is 0 Å². The second-order valence-electron chi connectivity index (χ2n) is 8.55. The van der Waals surface area contributed by atoms with Gasteiger partial charge in [-0.2, -0.15) is 0 Å². The van der Waals surface area contributed by atoms with Crippen molar-refractivity contribution in [3.05, 3.63) is 108 Å². The topological polar surface area (TPSA) is 36.3 Å². The van der Waals surface area contributed by atoms with Crippen LogP contribution in [-0.4, -0.2) is 28.8 Å². The molecule has 0 bridgehead atoms. The van der Waals surface area contributed by atoms with Crippen LogP contribution in [0.15, 0.2) is 91.3 Å². The van der Waals surface area contributed by atoms with E-state index in [9.17, 15) is 0 Å². The van der Waals surface area contributed by atoms with Gasteiger partial charge in [0.1, 0.15) is 6.04 Å². The van der Waals surface area contributed by atoms with Crippen molar-refractivity contribution in [2.24, 2.45) is 0 Å². The van der Waals surface area contributed by atoms with Gasteiger partial charge in [0.2, 0.25) is 0 Å². The van der Waals surface area contributed by atoms with Crippen LogP contribution in [0.3, 0.4) is 0 Å². The first-order valence-corrected chi connectivity index (χ1v) is 11.5. The maximum Gasteiger partial charge on any atom is 0.174 e. The summed E-state index contributed by atoms with van der Waals surface area (Å²) in [6.07, 6.45) is 3.96. The first-order chi connectivity index (χ1) is 16.0. The van der Waals surface area contributed by atoms with E-state index in [2.05, 4.69) is 119 Å². The molecule has 0 amide bonds. The van der Waals surface area contributed by atoms with Crippen LogP contribution in [-0.2, 0) is 0 Å². The van der Waals surface area contributed by atoms with E-state index in [1.807, 2.05) is 18.3 Å². The Morgan fingerprint density at radius 3 is 2.42 bits per heavy atom. The molecule has 166 valence electrons. The standard InChI is InChI=1S/C27H27N5S/c1-19-8-6-9-22(18-19)32-26(25(29-27(32)33)23-10-4-5-16-28-23)24-11-7-17-31(24)21-14-12-20(13-15-21)30(2)3/h4-18,25-26H,1-3H3,(H,29,33)/t25-,26+/m0/s1. The summed E-state index contributed by atoms with van der Waals surface area (Å²) in [4.78, 5) is 9.00. The zero-order valence-electron chi connectivity index (χ0n) is 19.0. The van der Waals surface area contributed by atoms with Crippen molar-refractivity contribution in [2.75, 3.05) is 23.9 Å². The molecule has 2 atom stereocenters.